The van der Waals surface area contributed by atoms with Gasteiger partial charge in [-0.2, -0.15) is 9.61 Å². The number of hydrogen-bond acceptors (Lipinski definition) is 6. The maximum atomic E-state index is 13.5. The first kappa shape index (κ1) is 21.8. The van der Waals surface area contributed by atoms with E-state index in [1.807, 2.05) is 55.5 Å². The van der Waals surface area contributed by atoms with Crippen molar-refractivity contribution < 1.29 is 4.79 Å². The molecule has 1 saturated heterocycles. The van der Waals surface area contributed by atoms with Crippen molar-refractivity contribution in [1.82, 2.24) is 24.8 Å². The number of fused-ring (bicyclic) bond motifs is 1. The number of nitrogens with one attached hydrogen (secondary N) is 1. The first-order valence-electron chi connectivity index (χ1n) is 11.0. The Hall–Kier alpha value is -3.45. The van der Waals surface area contributed by atoms with Crippen LogP contribution in [0.15, 0.2) is 55.4 Å². The number of carbonyl (C=O) groups excluding carboxylic acids is 1. The highest BCUT2D eigenvalue weighted by Crippen LogP contribution is 2.32. The molecule has 0 amide bonds. The zero-order chi connectivity index (χ0) is 22.7. The summed E-state index contributed by atoms with van der Waals surface area (Å²) in [6.45, 7) is 5.70. The number of hydrogen-bond donors (Lipinski definition) is 2. The molecule has 3 heterocycles. The standard InChI is InChI=1S/C25H30N6O/c1-4-18(16-30(2)3)20-15-28-31-24(26)22(21(32)13-17-9-6-5-7-10-17)23(29-25(20)31)19-11-8-12-27-14-19/h4-7,9-10,15-16,19,27H,1,8,11-14,26H2,2-3H3/b18-16+. The van der Waals surface area contributed by atoms with E-state index in [9.17, 15) is 4.79 Å². The molecule has 2 aromatic heterocycles. The summed E-state index contributed by atoms with van der Waals surface area (Å²) in [5, 5.41) is 7.92. The van der Waals surface area contributed by atoms with Gasteiger partial charge in [0, 0.05) is 50.3 Å². The van der Waals surface area contributed by atoms with Gasteiger partial charge in [0.05, 0.1) is 17.5 Å². The Labute approximate surface area is 188 Å². The van der Waals surface area contributed by atoms with Crippen LogP contribution in [-0.4, -0.2) is 52.5 Å². The minimum Gasteiger partial charge on any atom is -0.383 e. The normalized spacial score (nSPS) is 16.8. The Morgan fingerprint density at radius 2 is 2.12 bits per heavy atom. The number of carbonyl (C=O) groups is 1. The zero-order valence-corrected chi connectivity index (χ0v) is 18.7. The van der Waals surface area contributed by atoms with Crippen molar-refractivity contribution in [2.75, 3.05) is 32.9 Å². The molecule has 0 bridgehead atoms. The Morgan fingerprint density at radius 1 is 1.34 bits per heavy atom. The van der Waals surface area contributed by atoms with Crippen LogP contribution in [-0.2, 0) is 6.42 Å². The largest absolute Gasteiger partial charge is 0.383 e. The number of nitrogens with zero attached hydrogens (tertiary/aromatic N) is 4. The Morgan fingerprint density at radius 3 is 2.78 bits per heavy atom. The first-order chi connectivity index (χ1) is 15.5. The van der Waals surface area contributed by atoms with Crippen LogP contribution in [0.25, 0.3) is 11.2 Å². The number of ketones is 1. The fraction of sp³-hybridized carbons (Fsp3) is 0.320. The smallest absolute Gasteiger partial charge is 0.172 e. The summed E-state index contributed by atoms with van der Waals surface area (Å²) in [6, 6.07) is 9.73. The molecule has 3 aromatic rings. The van der Waals surface area contributed by atoms with Crippen LogP contribution in [0.5, 0.6) is 0 Å². The van der Waals surface area contributed by atoms with Crippen molar-refractivity contribution in [2.45, 2.75) is 25.2 Å². The third-order valence-corrected chi connectivity index (χ3v) is 5.81. The van der Waals surface area contributed by atoms with Gasteiger partial charge < -0.3 is 16.0 Å². The quantitative estimate of drug-likeness (QED) is 0.442. The number of benzene rings is 1. The van der Waals surface area contributed by atoms with E-state index < -0.39 is 0 Å². The van der Waals surface area contributed by atoms with Crippen LogP contribution < -0.4 is 11.1 Å². The maximum Gasteiger partial charge on any atom is 0.172 e. The Bertz CT molecular complexity index is 1160. The van der Waals surface area contributed by atoms with Gasteiger partial charge in [0.25, 0.3) is 0 Å². The summed E-state index contributed by atoms with van der Waals surface area (Å²) < 4.78 is 1.58. The van der Waals surface area contributed by atoms with Gasteiger partial charge in [0.15, 0.2) is 11.4 Å². The van der Waals surface area contributed by atoms with Crippen LogP contribution in [0.1, 0.15) is 45.9 Å². The van der Waals surface area contributed by atoms with Gasteiger partial charge in [-0.25, -0.2) is 4.98 Å². The maximum absolute atomic E-state index is 13.5. The molecule has 7 heteroatoms. The average molecular weight is 431 g/mol. The predicted octanol–water partition coefficient (Wildman–Crippen LogP) is 3.29. The minimum absolute atomic E-state index is 0.0338. The lowest BCUT2D eigenvalue weighted by molar-refractivity contribution is 0.0991. The van der Waals surface area contributed by atoms with Gasteiger partial charge in [0.1, 0.15) is 5.82 Å². The van der Waals surface area contributed by atoms with Crippen LogP contribution in [0, 0.1) is 0 Å². The summed E-state index contributed by atoms with van der Waals surface area (Å²) in [4.78, 5) is 20.4. The second-order valence-corrected chi connectivity index (χ2v) is 8.43. The van der Waals surface area contributed by atoms with Crippen molar-refractivity contribution in [3.63, 3.8) is 0 Å². The number of allylic oxidation sites excluding steroid dienone is 2. The van der Waals surface area contributed by atoms with Crippen LogP contribution in [0.4, 0.5) is 5.82 Å². The van der Waals surface area contributed by atoms with E-state index >= 15 is 0 Å². The summed E-state index contributed by atoms with van der Waals surface area (Å²) in [7, 11) is 3.91. The third kappa shape index (κ3) is 4.29. The van der Waals surface area contributed by atoms with Crippen molar-refractivity contribution in [1.29, 1.82) is 0 Å². The molecule has 1 unspecified atom stereocenters. The monoisotopic (exact) mass is 430 g/mol. The summed E-state index contributed by atoms with van der Waals surface area (Å²) >= 11 is 0. The van der Waals surface area contributed by atoms with E-state index in [-0.39, 0.29) is 18.1 Å². The number of aromatic nitrogens is 3. The minimum atomic E-state index is -0.0338. The van der Waals surface area contributed by atoms with E-state index in [0.29, 0.717) is 17.0 Å². The molecule has 0 radical (unpaired) electrons. The van der Waals surface area contributed by atoms with Crippen molar-refractivity contribution in [3.8, 4) is 0 Å². The molecule has 0 aliphatic carbocycles. The Kier molecular flexibility index (Phi) is 6.37. The first-order valence-corrected chi connectivity index (χ1v) is 11.0. The number of Topliss-reactive ketones (excluding diaryl/α,β-unsaturated/α-hetero) is 1. The zero-order valence-electron chi connectivity index (χ0n) is 18.7. The molecule has 7 nitrogen and oxygen atoms in total. The lowest BCUT2D eigenvalue weighted by Gasteiger charge is -2.25. The molecule has 4 rings (SSSR count). The van der Waals surface area contributed by atoms with Gasteiger partial charge in [-0.1, -0.05) is 43.0 Å². The molecule has 1 fully saturated rings. The van der Waals surface area contributed by atoms with E-state index in [0.717, 1.165) is 48.3 Å². The van der Waals surface area contributed by atoms with Gasteiger partial charge >= 0.3 is 0 Å². The number of anilines is 1. The molecule has 0 saturated carbocycles. The second-order valence-electron chi connectivity index (χ2n) is 8.43. The lowest BCUT2D eigenvalue weighted by Crippen LogP contribution is -2.31. The van der Waals surface area contributed by atoms with E-state index in [4.69, 9.17) is 10.7 Å². The van der Waals surface area contributed by atoms with E-state index in [2.05, 4.69) is 17.0 Å². The summed E-state index contributed by atoms with van der Waals surface area (Å²) in [5.41, 5.74) is 11.2. The number of rotatable bonds is 7. The average Bonchev–Trinajstić information content (AvgIpc) is 3.22. The summed E-state index contributed by atoms with van der Waals surface area (Å²) in [6.07, 6.45) is 7.77. The molecule has 32 heavy (non-hydrogen) atoms. The fourth-order valence-electron chi connectivity index (χ4n) is 4.28. The highest BCUT2D eigenvalue weighted by atomic mass is 16.1. The topological polar surface area (TPSA) is 88.5 Å². The van der Waals surface area contributed by atoms with Gasteiger partial charge in [-0.15, -0.1) is 0 Å². The van der Waals surface area contributed by atoms with Crippen LogP contribution in [0.2, 0.25) is 0 Å². The lowest BCUT2D eigenvalue weighted by atomic mass is 9.90. The molecular weight excluding hydrogens is 400 g/mol. The molecule has 3 N–H and O–H groups in total. The summed E-state index contributed by atoms with van der Waals surface area (Å²) in [5.74, 6) is 0.433. The molecule has 166 valence electrons. The molecule has 1 aliphatic heterocycles. The van der Waals surface area contributed by atoms with Gasteiger partial charge in [-0.3, -0.25) is 4.79 Å². The molecule has 0 spiro atoms. The van der Waals surface area contributed by atoms with Gasteiger partial charge in [-0.05, 0) is 24.9 Å². The van der Waals surface area contributed by atoms with Crippen molar-refractivity contribution >= 4 is 22.8 Å². The number of nitrogens with two attached hydrogens (primary N) is 1. The van der Waals surface area contributed by atoms with Crippen molar-refractivity contribution in [2.24, 2.45) is 0 Å². The highest BCUT2D eigenvalue weighted by molar-refractivity contribution is 6.03. The number of piperidine rings is 1. The van der Waals surface area contributed by atoms with Crippen LogP contribution >= 0.6 is 0 Å². The van der Waals surface area contributed by atoms with Gasteiger partial charge in [0.2, 0.25) is 0 Å². The molecule has 1 aliphatic rings. The molecule has 1 aromatic carbocycles. The third-order valence-electron chi connectivity index (χ3n) is 5.81. The van der Waals surface area contributed by atoms with Crippen LogP contribution in [0.3, 0.4) is 0 Å². The number of nitrogen functional groups attached to an aromatic ring is 1. The molecular formula is C25H30N6O. The Balaban J connectivity index is 1.87. The predicted molar refractivity (Wildman–Crippen MR) is 129 cm³/mol. The van der Waals surface area contributed by atoms with Crippen molar-refractivity contribution in [3.05, 3.63) is 77.8 Å². The fourth-order valence-corrected chi connectivity index (χ4v) is 4.28. The second kappa shape index (κ2) is 9.36. The van der Waals surface area contributed by atoms with E-state index in [1.54, 1.807) is 16.8 Å². The SMILES string of the molecule is C=C/C(=C\N(C)C)c1cnn2c(N)c(C(=O)Cc3ccccc3)c(C3CCCNC3)nc12. The van der Waals surface area contributed by atoms with E-state index in [1.165, 1.54) is 0 Å². The highest BCUT2D eigenvalue weighted by Gasteiger charge is 2.28. The molecule has 1 atom stereocenters.